The molecule has 0 amide bonds. The Labute approximate surface area is 169 Å². The van der Waals surface area contributed by atoms with Crippen LogP contribution in [-0.4, -0.2) is 49.3 Å². The molecule has 0 rings (SSSR count). The number of halogens is 8. The van der Waals surface area contributed by atoms with Crippen molar-refractivity contribution in [1.29, 1.82) is 0 Å². The van der Waals surface area contributed by atoms with Crippen molar-refractivity contribution in [1.82, 2.24) is 0 Å². The van der Waals surface area contributed by atoms with Crippen LogP contribution in [0, 0.1) is 0 Å². The fourth-order valence-electron chi connectivity index (χ4n) is 2.22. The van der Waals surface area contributed by atoms with Gasteiger partial charge in [-0.3, -0.25) is 9.59 Å². The topological polar surface area (TPSA) is 52.6 Å². The lowest BCUT2D eigenvalue weighted by atomic mass is 10.1. The molecular formula is C18H26F8O4. The maximum Gasteiger partial charge on any atom is 0.381 e. The maximum absolute atomic E-state index is 13.2. The van der Waals surface area contributed by atoms with Gasteiger partial charge in [-0.25, -0.2) is 8.78 Å². The van der Waals surface area contributed by atoms with Crippen molar-refractivity contribution in [3.8, 4) is 0 Å². The van der Waals surface area contributed by atoms with Crippen LogP contribution in [0.4, 0.5) is 35.1 Å². The number of hydrogen-bond acceptors (Lipinski definition) is 4. The summed E-state index contributed by atoms with van der Waals surface area (Å²) in [6, 6.07) is 0. The zero-order valence-electron chi connectivity index (χ0n) is 16.5. The van der Waals surface area contributed by atoms with Crippen LogP contribution in [-0.2, 0) is 19.1 Å². The molecule has 0 N–H and O–H groups in total. The average Bonchev–Trinajstić information content (AvgIpc) is 2.66. The van der Waals surface area contributed by atoms with Crippen LogP contribution >= 0.6 is 0 Å². The van der Waals surface area contributed by atoms with Crippen LogP contribution in [0.25, 0.3) is 0 Å². The van der Waals surface area contributed by atoms with E-state index in [1.165, 1.54) is 0 Å². The molecule has 30 heavy (non-hydrogen) atoms. The van der Waals surface area contributed by atoms with Crippen molar-refractivity contribution in [3.63, 3.8) is 0 Å². The summed E-state index contributed by atoms with van der Waals surface area (Å²) < 4.78 is 111. The first-order valence-electron chi connectivity index (χ1n) is 9.52. The molecule has 0 aliphatic heterocycles. The Kier molecular flexibility index (Phi) is 12.2. The summed E-state index contributed by atoms with van der Waals surface area (Å²) in [5, 5.41) is 0. The summed E-state index contributed by atoms with van der Waals surface area (Å²) in [6.45, 7) is -0.180. The summed E-state index contributed by atoms with van der Waals surface area (Å²) in [5.74, 6) is -20.4. The van der Waals surface area contributed by atoms with Gasteiger partial charge in [0.15, 0.2) is 6.61 Å². The molecule has 0 aliphatic carbocycles. The SMILES string of the molecule is CCCCCCCOC(=O)CCCCC(=O)OCC(F)(F)C(F)(F)C(F)(F)C(F)F. The van der Waals surface area contributed by atoms with Crippen molar-refractivity contribution >= 4 is 11.9 Å². The highest BCUT2D eigenvalue weighted by atomic mass is 19.4. The molecule has 0 spiro atoms. The molecular weight excluding hydrogens is 432 g/mol. The van der Waals surface area contributed by atoms with Gasteiger partial charge in [-0.2, -0.15) is 26.3 Å². The van der Waals surface area contributed by atoms with E-state index in [1.807, 2.05) is 0 Å². The van der Waals surface area contributed by atoms with E-state index in [0.29, 0.717) is 6.42 Å². The lowest BCUT2D eigenvalue weighted by Crippen LogP contribution is -2.59. The van der Waals surface area contributed by atoms with Gasteiger partial charge in [-0.1, -0.05) is 32.6 Å². The third-order valence-electron chi connectivity index (χ3n) is 4.09. The molecule has 0 aromatic carbocycles. The zero-order chi connectivity index (χ0) is 23.4. The Morgan fingerprint density at radius 2 is 1.27 bits per heavy atom. The molecule has 0 bridgehead atoms. The minimum Gasteiger partial charge on any atom is -0.466 e. The highest BCUT2D eigenvalue weighted by Gasteiger charge is 2.75. The van der Waals surface area contributed by atoms with E-state index in [9.17, 15) is 44.7 Å². The van der Waals surface area contributed by atoms with Gasteiger partial charge in [-0.05, 0) is 19.3 Å². The number of alkyl halides is 8. The van der Waals surface area contributed by atoms with Crippen LogP contribution in [0.1, 0.15) is 64.7 Å². The molecule has 4 nitrogen and oxygen atoms in total. The second-order valence-corrected chi connectivity index (χ2v) is 6.70. The predicted octanol–water partition coefficient (Wildman–Crippen LogP) is 5.77. The summed E-state index contributed by atoms with van der Waals surface area (Å²) in [6.07, 6.45) is -0.784. The molecule has 0 atom stereocenters. The second-order valence-electron chi connectivity index (χ2n) is 6.70. The van der Waals surface area contributed by atoms with Crippen molar-refractivity contribution in [3.05, 3.63) is 0 Å². The lowest BCUT2D eigenvalue weighted by Gasteiger charge is -2.31. The van der Waals surface area contributed by atoms with Gasteiger partial charge in [0.25, 0.3) is 0 Å². The van der Waals surface area contributed by atoms with Crippen LogP contribution in [0.2, 0.25) is 0 Å². The monoisotopic (exact) mass is 458 g/mol. The second kappa shape index (κ2) is 12.9. The Bertz CT molecular complexity index is 526. The van der Waals surface area contributed by atoms with Crippen molar-refractivity contribution in [2.24, 2.45) is 0 Å². The summed E-state index contributed by atoms with van der Waals surface area (Å²) in [5.41, 5.74) is 0. The third kappa shape index (κ3) is 9.03. The standard InChI is InChI=1S/C18H26F8O4/c1-2-3-4-5-8-11-29-13(27)9-6-7-10-14(28)30-12-16(21,22)18(25,26)17(23,24)15(19)20/h15H,2-12H2,1H3. The predicted molar refractivity (Wildman–Crippen MR) is 90.0 cm³/mol. The Balaban J connectivity index is 4.14. The molecule has 12 heteroatoms. The molecule has 0 radical (unpaired) electrons. The van der Waals surface area contributed by atoms with E-state index in [4.69, 9.17) is 4.74 Å². The molecule has 0 unspecified atom stereocenters. The van der Waals surface area contributed by atoms with Gasteiger partial charge in [0, 0.05) is 12.8 Å². The number of hydrogen-bond donors (Lipinski definition) is 0. The van der Waals surface area contributed by atoms with Gasteiger partial charge in [-0.15, -0.1) is 0 Å². The molecule has 0 aromatic heterocycles. The van der Waals surface area contributed by atoms with E-state index in [-0.39, 0.29) is 25.9 Å². The van der Waals surface area contributed by atoms with Gasteiger partial charge >= 0.3 is 36.1 Å². The van der Waals surface area contributed by atoms with Crippen LogP contribution in [0.3, 0.4) is 0 Å². The van der Waals surface area contributed by atoms with E-state index < -0.39 is 49.2 Å². The van der Waals surface area contributed by atoms with Crippen molar-refractivity contribution in [2.45, 2.75) is 88.9 Å². The molecule has 0 aliphatic rings. The van der Waals surface area contributed by atoms with Gasteiger partial charge in [0.2, 0.25) is 0 Å². The summed E-state index contributed by atoms with van der Waals surface area (Å²) in [4.78, 5) is 22.7. The first-order chi connectivity index (χ1) is 13.8. The smallest absolute Gasteiger partial charge is 0.381 e. The van der Waals surface area contributed by atoms with Gasteiger partial charge in [0.1, 0.15) is 0 Å². The van der Waals surface area contributed by atoms with Crippen molar-refractivity contribution in [2.75, 3.05) is 13.2 Å². The first-order valence-corrected chi connectivity index (χ1v) is 9.52. The number of rotatable bonds is 16. The van der Waals surface area contributed by atoms with Crippen LogP contribution in [0.5, 0.6) is 0 Å². The Morgan fingerprint density at radius 1 is 0.767 bits per heavy atom. The molecule has 0 saturated heterocycles. The lowest BCUT2D eigenvalue weighted by molar-refractivity contribution is -0.344. The fraction of sp³-hybridized carbons (Fsp3) is 0.889. The van der Waals surface area contributed by atoms with E-state index in [1.54, 1.807) is 0 Å². The molecule has 0 saturated carbocycles. The van der Waals surface area contributed by atoms with Crippen LogP contribution in [0.15, 0.2) is 0 Å². The largest absolute Gasteiger partial charge is 0.466 e. The number of ether oxygens (including phenoxy) is 2. The summed E-state index contributed by atoms with van der Waals surface area (Å²) >= 11 is 0. The quantitative estimate of drug-likeness (QED) is 0.167. The highest BCUT2D eigenvalue weighted by Crippen LogP contribution is 2.48. The fourth-order valence-corrected chi connectivity index (χ4v) is 2.22. The average molecular weight is 458 g/mol. The van der Waals surface area contributed by atoms with Gasteiger partial charge in [0.05, 0.1) is 6.61 Å². The Morgan fingerprint density at radius 3 is 1.77 bits per heavy atom. The minimum absolute atomic E-state index is 0.0421. The zero-order valence-corrected chi connectivity index (χ0v) is 16.5. The molecule has 178 valence electrons. The molecule has 0 heterocycles. The minimum atomic E-state index is -6.42. The number of carbonyl (C=O) groups excluding carboxylic acids is 2. The first kappa shape index (κ1) is 28.4. The van der Waals surface area contributed by atoms with E-state index >= 15 is 0 Å². The normalized spacial score (nSPS) is 12.9. The maximum atomic E-state index is 13.2. The molecule has 0 aromatic rings. The van der Waals surface area contributed by atoms with Gasteiger partial charge < -0.3 is 9.47 Å². The Hall–Kier alpha value is -1.62. The molecule has 0 fully saturated rings. The van der Waals surface area contributed by atoms with Crippen molar-refractivity contribution < 1.29 is 54.2 Å². The van der Waals surface area contributed by atoms with E-state index in [2.05, 4.69) is 11.7 Å². The van der Waals surface area contributed by atoms with Crippen LogP contribution < -0.4 is 0 Å². The summed E-state index contributed by atoms with van der Waals surface area (Å²) in [7, 11) is 0. The number of esters is 2. The highest BCUT2D eigenvalue weighted by molar-refractivity contribution is 5.70. The third-order valence-corrected chi connectivity index (χ3v) is 4.09. The van der Waals surface area contributed by atoms with E-state index in [0.717, 1.165) is 25.7 Å². The number of unbranched alkanes of at least 4 members (excludes halogenated alkanes) is 5. The number of carbonyl (C=O) groups is 2.